The first-order valence-electron chi connectivity index (χ1n) is 8.46. The Hall–Kier alpha value is -1.02. The second kappa shape index (κ2) is 4.25. The Morgan fingerprint density at radius 3 is 2.71 bits per heavy atom. The number of rotatable bonds is 0. The molecule has 1 aromatic carbocycles. The van der Waals surface area contributed by atoms with Gasteiger partial charge in [-0.05, 0) is 91.9 Å². The number of aliphatic hydroxyl groups is 1. The number of hydrogen-bond donors (Lipinski definition) is 2. The van der Waals surface area contributed by atoms with Crippen LogP contribution in [0.25, 0.3) is 0 Å². The van der Waals surface area contributed by atoms with E-state index in [9.17, 15) is 10.2 Å². The van der Waals surface area contributed by atoms with E-state index in [1.54, 1.807) is 0 Å². The number of fused-ring (bicyclic) bond motifs is 5. The van der Waals surface area contributed by atoms with E-state index in [-0.39, 0.29) is 5.41 Å². The van der Waals surface area contributed by atoms with Gasteiger partial charge in [-0.1, -0.05) is 13.0 Å². The van der Waals surface area contributed by atoms with Gasteiger partial charge in [0.1, 0.15) is 5.75 Å². The van der Waals surface area contributed by atoms with Gasteiger partial charge in [-0.15, -0.1) is 0 Å². The Morgan fingerprint density at radius 2 is 1.90 bits per heavy atom. The minimum atomic E-state index is -0.488. The highest BCUT2D eigenvalue weighted by atomic mass is 16.3. The summed E-state index contributed by atoms with van der Waals surface area (Å²) in [4.78, 5) is 0. The van der Waals surface area contributed by atoms with Crippen molar-refractivity contribution in [2.75, 3.05) is 0 Å². The lowest BCUT2D eigenvalue weighted by Crippen LogP contribution is -2.49. The highest BCUT2D eigenvalue weighted by molar-refractivity contribution is 5.40. The SMILES string of the molecule is C[C@]1(O)CC[C@H]2[C@@H]3CCc4cc(O)ccc4[C@H]3CC[C@@]21C. The quantitative estimate of drug-likeness (QED) is 0.757. The molecule has 3 aliphatic rings. The lowest BCUT2D eigenvalue weighted by molar-refractivity contribution is -0.0901. The summed E-state index contributed by atoms with van der Waals surface area (Å²) < 4.78 is 0. The maximum absolute atomic E-state index is 10.8. The van der Waals surface area contributed by atoms with Crippen molar-refractivity contribution in [3.8, 4) is 5.75 Å². The highest BCUT2D eigenvalue weighted by Crippen LogP contribution is 2.64. The van der Waals surface area contributed by atoms with Gasteiger partial charge in [0.15, 0.2) is 0 Å². The maximum atomic E-state index is 10.8. The first kappa shape index (κ1) is 13.6. The fraction of sp³-hybridized carbons (Fsp3) is 0.684. The van der Waals surface area contributed by atoms with Crippen LogP contribution in [0.15, 0.2) is 18.2 Å². The van der Waals surface area contributed by atoms with Gasteiger partial charge in [-0.25, -0.2) is 0 Å². The first-order chi connectivity index (χ1) is 9.92. The van der Waals surface area contributed by atoms with Crippen molar-refractivity contribution in [1.82, 2.24) is 0 Å². The number of phenols is 1. The summed E-state index contributed by atoms with van der Waals surface area (Å²) in [6, 6.07) is 5.96. The van der Waals surface area contributed by atoms with E-state index in [0.29, 0.717) is 17.6 Å². The van der Waals surface area contributed by atoms with Crippen molar-refractivity contribution >= 4 is 0 Å². The van der Waals surface area contributed by atoms with Gasteiger partial charge in [-0.2, -0.15) is 0 Å². The Kier molecular flexibility index (Phi) is 2.76. The zero-order valence-electron chi connectivity index (χ0n) is 13.1. The predicted octanol–water partition coefficient (Wildman–Crippen LogP) is 4.00. The van der Waals surface area contributed by atoms with Crippen molar-refractivity contribution in [2.24, 2.45) is 17.3 Å². The molecule has 0 spiro atoms. The molecule has 0 bridgehead atoms. The lowest BCUT2D eigenvalue weighted by Gasteiger charge is -2.52. The van der Waals surface area contributed by atoms with Gasteiger partial charge >= 0.3 is 0 Å². The van der Waals surface area contributed by atoms with Crippen LogP contribution in [-0.4, -0.2) is 15.8 Å². The molecule has 2 heteroatoms. The van der Waals surface area contributed by atoms with Crippen LogP contribution in [0.4, 0.5) is 0 Å². The van der Waals surface area contributed by atoms with Gasteiger partial charge in [0.05, 0.1) is 5.60 Å². The molecule has 114 valence electrons. The summed E-state index contributed by atoms with van der Waals surface area (Å²) in [6.07, 6.45) is 6.76. The number of aromatic hydroxyl groups is 1. The monoisotopic (exact) mass is 286 g/mol. The van der Waals surface area contributed by atoms with Crippen LogP contribution < -0.4 is 0 Å². The van der Waals surface area contributed by atoms with Gasteiger partial charge < -0.3 is 10.2 Å². The van der Waals surface area contributed by atoms with E-state index in [2.05, 4.69) is 19.9 Å². The van der Waals surface area contributed by atoms with Gasteiger partial charge in [0.2, 0.25) is 0 Å². The smallest absolute Gasteiger partial charge is 0.115 e. The van der Waals surface area contributed by atoms with E-state index in [4.69, 9.17) is 0 Å². The minimum Gasteiger partial charge on any atom is -0.508 e. The van der Waals surface area contributed by atoms with E-state index in [1.165, 1.54) is 30.4 Å². The molecule has 2 N–H and O–H groups in total. The van der Waals surface area contributed by atoms with Crippen LogP contribution >= 0.6 is 0 Å². The summed E-state index contributed by atoms with van der Waals surface area (Å²) >= 11 is 0. The van der Waals surface area contributed by atoms with E-state index >= 15 is 0 Å². The Labute approximate surface area is 127 Å². The van der Waals surface area contributed by atoms with Crippen molar-refractivity contribution in [1.29, 1.82) is 0 Å². The van der Waals surface area contributed by atoms with E-state index in [1.807, 2.05) is 12.1 Å². The third kappa shape index (κ3) is 1.75. The van der Waals surface area contributed by atoms with Crippen molar-refractivity contribution in [3.05, 3.63) is 29.3 Å². The van der Waals surface area contributed by atoms with Gasteiger partial charge in [0, 0.05) is 0 Å². The molecule has 0 saturated heterocycles. The number of hydrogen-bond acceptors (Lipinski definition) is 2. The molecule has 0 aromatic heterocycles. The Morgan fingerprint density at radius 1 is 1.10 bits per heavy atom. The third-order valence-corrected chi connectivity index (χ3v) is 7.27. The normalized spacial score (nSPS) is 44.8. The van der Waals surface area contributed by atoms with Crippen molar-refractivity contribution in [3.63, 3.8) is 0 Å². The largest absolute Gasteiger partial charge is 0.508 e. The topological polar surface area (TPSA) is 40.5 Å². The molecule has 21 heavy (non-hydrogen) atoms. The molecule has 0 amide bonds. The van der Waals surface area contributed by atoms with Crippen molar-refractivity contribution in [2.45, 2.75) is 63.9 Å². The second-order valence-corrected chi connectivity index (χ2v) is 8.07. The molecular formula is C19H26O2. The van der Waals surface area contributed by atoms with E-state index in [0.717, 1.165) is 25.2 Å². The van der Waals surface area contributed by atoms with Crippen LogP contribution in [0.5, 0.6) is 5.75 Å². The summed E-state index contributed by atoms with van der Waals surface area (Å²) in [7, 11) is 0. The highest BCUT2D eigenvalue weighted by Gasteiger charge is 2.59. The van der Waals surface area contributed by atoms with E-state index < -0.39 is 5.60 Å². The zero-order valence-corrected chi connectivity index (χ0v) is 13.1. The number of phenolic OH excluding ortho intramolecular Hbond substituents is 1. The molecule has 0 radical (unpaired) electrons. The predicted molar refractivity (Wildman–Crippen MR) is 83.3 cm³/mol. The van der Waals surface area contributed by atoms with Gasteiger partial charge in [-0.3, -0.25) is 0 Å². The molecule has 2 saturated carbocycles. The fourth-order valence-electron chi connectivity index (χ4n) is 5.81. The molecule has 0 unspecified atom stereocenters. The molecule has 0 heterocycles. The van der Waals surface area contributed by atoms with Crippen molar-refractivity contribution < 1.29 is 10.2 Å². The lowest BCUT2D eigenvalue weighted by atomic mass is 9.53. The van der Waals surface area contributed by atoms with Crippen LogP contribution in [0, 0.1) is 17.3 Å². The van der Waals surface area contributed by atoms with Crippen LogP contribution in [-0.2, 0) is 6.42 Å². The summed E-state index contributed by atoms with van der Waals surface area (Å²) in [5.41, 5.74) is 2.43. The molecule has 4 rings (SSSR count). The first-order valence-corrected chi connectivity index (χ1v) is 8.46. The minimum absolute atomic E-state index is 0.0998. The van der Waals surface area contributed by atoms with Gasteiger partial charge in [0.25, 0.3) is 0 Å². The van der Waals surface area contributed by atoms with Crippen LogP contribution in [0.2, 0.25) is 0 Å². The second-order valence-electron chi connectivity index (χ2n) is 8.07. The molecule has 1 aromatic rings. The molecular weight excluding hydrogens is 260 g/mol. The van der Waals surface area contributed by atoms with Crippen LogP contribution in [0.1, 0.15) is 63.0 Å². The average molecular weight is 286 g/mol. The summed E-state index contributed by atoms with van der Waals surface area (Å²) in [6.45, 7) is 4.38. The average Bonchev–Trinajstić information content (AvgIpc) is 2.69. The Balaban J connectivity index is 1.72. The summed E-state index contributed by atoms with van der Waals surface area (Å²) in [5.74, 6) is 2.42. The van der Waals surface area contributed by atoms with Crippen LogP contribution in [0.3, 0.4) is 0 Å². The number of aryl methyl sites for hydroxylation is 1. The Bertz CT molecular complexity index is 577. The standard InChI is InChI=1S/C19H26O2/c1-18-9-7-15-14-6-4-13(20)11-12(14)3-5-16(15)17(18)8-10-19(18,2)21/h4,6,11,15-17,20-21H,3,5,7-10H2,1-2H3/t15-,16-,17+,18+,19+/m1/s1. The molecule has 3 aliphatic carbocycles. The summed E-state index contributed by atoms with van der Waals surface area (Å²) in [5, 5.41) is 20.5. The fourth-order valence-corrected chi connectivity index (χ4v) is 5.81. The molecule has 0 aliphatic heterocycles. The maximum Gasteiger partial charge on any atom is 0.115 e. The zero-order chi connectivity index (χ0) is 14.8. The molecule has 2 nitrogen and oxygen atoms in total. The third-order valence-electron chi connectivity index (χ3n) is 7.27. The molecule has 5 atom stereocenters. The number of benzene rings is 1. The molecule has 2 fully saturated rings.